The molecule has 2 atom stereocenters. The summed E-state index contributed by atoms with van der Waals surface area (Å²) in [5.41, 5.74) is 3.64. The summed E-state index contributed by atoms with van der Waals surface area (Å²) in [6, 6.07) is 6.40. The molecule has 0 saturated carbocycles. The molecule has 1 saturated heterocycles. The molecule has 3 heteroatoms. The van der Waals surface area contributed by atoms with Gasteiger partial charge < -0.3 is 10.1 Å². The van der Waals surface area contributed by atoms with E-state index in [4.69, 9.17) is 4.74 Å². The van der Waals surface area contributed by atoms with Gasteiger partial charge in [0, 0.05) is 11.6 Å². The second kappa shape index (κ2) is 5.43. The third kappa shape index (κ3) is 2.45. The van der Waals surface area contributed by atoms with Crippen LogP contribution in [0.3, 0.4) is 0 Å². The van der Waals surface area contributed by atoms with Gasteiger partial charge in [0.2, 0.25) is 0 Å². The highest BCUT2D eigenvalue weighted by atomic mass is 16.5. The number of rotatable bonds is 4. The van der Waals surface area contributed by atoms with Crippen LogP contribution in [0.4, 0.5) is 0 Å². The van der Waals surface area contributed by atoms with Crippen LogP contribution in [0, 0.1) is 5.92 Å². The molecule has 1 aromatic carbocycles. The zero-order valence-corrected chi connectivity index (χ0v) is 11.4. The number of ether oxygens (including phenoxy) is 1. The van der Waals surface area contributed by atoms with Crippen molar-refractivity contribution in [2.45, 2.75) is 32.2 Å². The molecule has 0 amide bonds. The molecular weight excluding hydrogens is 238 g/mol. The molecule has 0 bridgehead atoms. The molecule has 0 radical (unpaired) electrons. The summed E-state index contributed by atoms with van der Waals surface area (Å²) in [7, 11) is 0. The van der Waals surface area contributed by atoms with Gasteiger partial charge in [-0.3, -0.25) is 4.79 Å². The van der Waals surface area contributed by atoms with Crippen molar-refractivity contribution in [3.63, 3.8) is 0 Å². The fraction of sp³-hybridized carbons (Fsp3) is 0.562. The van der Waals surface area contributed by atoms with Crippen molar-refractivity contribution in [3.05, 3.63) is 34.9 Å². The SMILES string of the molecule is CCNC1COCC1C(=O)c1ccc2c(c1)CCC2. The van der Waals surface area contributed by atoms with Crippen molar-refractivity contribution in [1.29, 1.82) is 0 Å². The zero-order chi connectivity index (χ0) is 13.2. The molecule has 1 aliphatic carbocycles. The number of carbonyl (C=O) groups excluding carboxylic acids is 1. The van der Waals surface area contributed by atoms with E-state index in [0.29, 0.717) is 13.2 Å². The van der Waals surface area contributed by atoms with Crippen molar-refractivity contribution >= 4 is 5.78 Å². The van der Waals surface area contributed by atoms with Gasteiger partial charge in [0.25, 0.3) is 0 Å². The van der Waals surface area contributed by atoms with Gasteiger partial charge in [-0.1, -0.05) is 19.1 Å². The number of hydrogen-bond donors (Lipinski definition) is 1. The van der Waals surface area contributed by atoms with E-state index in [1.165, 1.54) is 17.5 Å². The minimum Gasteiger partial charge on any atom is -0.379 e. The number of carbonyl (C=O) groups is 1. The number of ketones is 1. The van der Waals surface area contributed by atoms with E-state index >= 15 is 0 Å². The fourth-order valence-corrected chi connectivity index (χ4v) is 3.22. The lowest BCUT2D eigenvalue weighted by atomic mass is 9.92. The van der Waals surface area contributed by atoms with Crippen molar-refractivity contribution in [3.8, 4) is 0 Å². The van der Waals surface area contributed by atoms with Gasteiger partial charge in [0.15, 0.2) is 5.78 Å². The molecule has 0 aromatic heterocycles. The highest BCUT2D eigenvalue weighted by Crippen LogP contribution is 2.25. The normalized spacial score (nSPS) is 25.5. The maximum atomic E-state index is 12.6. The monoisotopic (exact) mass is 259 g/mol. The molecule has 1 aliphatic heterocycles. The van der Waals surface area contributed by atoms with Crippen LogP contribution < -0.4 is 5.32 Å². The Hall–Kier alpha value is -1.19. The minimum absolute atomic E-state index is 0.0283. The quantitative estimate of drug-likeness (QED) is 0.840. The summed E-state index contributed by atoms with van der Waals surface area (Å²) in [6.07, 6.45) is 3.50. The predicted molar refractivity (Wildman–Crippen MR) is 74.6 cm³/mol. The molecule has 0 spiro atoms. The number of aryl methyl sites for hydroxylation is 2. The smallest absolute Gasteiger partial charge is 0.169 e. The lowest BCUT2D eigenvalue weighted by Crippen LogP contribution is -2.39. The van der Waals surface area contributed by atoms with Crippen molar-refractivity contribution in [2.24, 2.45) is 5.92 Å². The van der Waals surface area contributed by atoms with Gasteiger partial charge in [0.1, 0.15) is 0 Å². The summed E-state index contributed by atoms with van der Waals surface area (Å²) in [5, 5.41) is 3.35. The Kier molecular flexibility index (Phi) is 3.67. The maximum Gasteiger partial charge on any atom is 0.169 e. The number of nitrogens with one attached hydrogen (secondary N) is 1. The fourth-order valence-electron chi connectivity index (χ4n) is 3.22. The maximum absolute atomic E-state index is 12.6. The lowest BCUT2D eigenvalue weighted by molar-refractivity contribution is 0.0891. The first kappa shape index (κ1) is 12.8. The van der Waals surface area contributed by atoms with E-state index in [1.54, 1.807) is 0 Å². The zero-order valence-electron chi connectivity index (χ0n) is 11.4. The van der Waals surface area contributed by atoms with Gasteiger partial charge in [0.05, 0.1) is 19.1 Å². The first-order chi connectivity index (χ1) is 9.29. The molecule has 1 heterocycles. The van der Waals surface area contributed by atoms with Gasteiger partial charge >= 0.3 is 0 Å². The minimum atomic E-state index is -0.0283. The summed E-state index contributed by atoms with van der Waals surface area (Å²) >= 11 is 0. The van der Waals surface area contributed by atoms with E-state index in [0.717, 1.165) is 24.9 Å². The molecule has 2 unspecified atom stereocenters. The topological polar surface area (TPSA) is 38.3 Å². The molecule has 3 nitrogen and oxygen atoms in total. The number of Topliss-reactive ketones (excluding diaryl/α,β-unsaturated/α-hetero) is 1. The standard InChI is InChI=1S/C16H21NO2/c1-2-17-15-10-19-9-14(15)16(18)13-7-6-11-4-3-5-12(11)8-13/h6-8,14-15,17H,2-5,9-10H2,1H3. The summed E-state index contributed by atoms with van der Waals surface area (Å²) in [6.45, 7) is 4.14. The average Bonchev–Trinajstić information content (AvgIpc) is 3.05. The number of hydrogen-bond acceptors (Lipinski definition) is 3. The van der Waals surface area contributed by atoms with Gasteiger partial charge in [-0.05, 0) is 43.0 Å². The Balaban J connectivity index is 1.79. The van der Waals surface area contributed by atoms with Crippen LogP contribution >= 0.6 is 0 Å². The molecular formula is C16H21NO2. The summed E-state index contributed by atoms with van der Waals surface area (Å²) in [4.78, 5) is 12.6. The van der Waals surface area contributed by atoms with E-state index in [1.807, 2.05) is 6.07 Å². The van der Waals surface area contributed by atoms with Gasteiger partial charge in [-0.25, -0.2) is 0 Å². The predicted octanol–water partition coefficient (Wildman–Crippen LogP) is 1.98. The third-order valence-electron chi connectivity index (χ3n) is 4.27. The van der Waals surface area contributed by atoms with Crippen molar-refractivity contribution in [2.75, 3.05) is 19.8 Å². The van der Waals surface area contributed by atoms with Crippen molar-refractivity contribution in [1.82, 2.24) is 5.32 Å². The van der Waals surface area contributed by atoms with Crippen LogP contribution in [0.25, 0.3) is 0 Å². The van der Waals surface area contributed by atoms with Gasteiger partial charge in [-0.15, -0.1) is 0 Å². The Morgan fingerprint density at radius 1 is 1.32 bits per heavy atom. The highest BCUT2D eigenvalue weighted by Gasteiger charge is 2.34. The summed E-state index contributed by atoms with van der Waals surface area (Å²) in [5.74, 6) is 0.206. The van der Waals surface area contributed by atoms with Gasteiger partial charge in [-0.2, -0.15) is 0 Å². The molecule has 1 N–H and O–H groups in total. The Morgan fingerprint density at radius 3 is 3.00 bits per heavy atom. The van der Waals surface area contributed by atoms with E-state index in [2.05, 4.69) is 24.4 Å². The van der Waals surface area contributed by atoms with Crippen LogP contribution in [0.1, 0.15) is 34.8 Å². The highest BCUT2D eigenvalue weighted by molar-refractivity contribution is 5.98. The Bertz CT molecular complexity index is 484. The lowest BCUT2D eigenvalue weighted by Gasteiger charge is -2.17. The van der Waals surface area contributed by atoms with E-state index in [9.17, 15) is 4.79 Å². The first-order valence-corrected chi connectivity index (χ1v) is 7.26. The van der Waals surface area contributed by atoms with Crippen LogP contribution in [-0.2, 0) is 17.6 Å². The third-order valence-corrected chi connectivity index (χ3v) is 4.27. The van der Waals surface area contributed by atoms with Crippen LogP contribution in [0.5, 0.6) is 0 Å². The van der Waals surface area contributed by atoms with Crippen LogP contribution in [0.15, 0.2) is 18.2 Å². The molecule has 102 valence electrons. The van der Waals surface area contributed by atoms with Crippen LogP contribution in [0.2, 0.25) is 0 Å². The number of benzene rings is 1. The summed E-state index contributed by atoms with van der Waals surface area (Å²) < 4.78 is 5.47. The van der Waals surface area contributed by atoms with Crippen LogP contribution in [-0.4, -0.2) is 31.6 Å². The molecule has 1 fully saturated rings. The average molecular weight is 259 g/mol. The molecule has 1 aromatic rings. The second-order valence-corrected chi connectivity index (χ2v) is 5.51. The second-order valence-electron chi connectivity index (χ2n) is 5.51. The van der Waals surface area contributed by atoms with E-state index < -0.39 is 0 Å². The Morgan fingerprint density at radius 2 is 2.16 bits per heavy atom. The van der Waals surface area contributed by atoms with E-state index in [-0.39, 0.29) is 17.7 Å². The van der Waals surface area contributed by atoms with Crippen molar-refractivity contribution < 1.29 is 9.53 Å². The first-order valence-electron chi connectivity index (χ1n) is 7.26. The molecule has 19 heavy (non-hydrogen) atoms. The largest absolute Gasteiger partial charge is 0.379 e. The Labute approximate surface area is 114 Å². The number of likely N-dealkylation sites (N-methyl/N-ethyl adjacent to an activating group) is 1. The number of fused-ring (bicyclic) bond motifs is 1. The molecule has 2 aliphatic rings. The molecule has 3 rings (SSSR count).